The smallest absolute Gasteiger partial charge is 0.406 e. The van der Waals surface area contributed by atoms with Crippen molar-refractivity contribution in [2.75, 3.05) is 10.6 Å². The molecule has 0 aliphatic rings. The maximum absolute atomic E-state index is 12.2. The average Bonchev–Trinajstić information content (AvgIpc) is 2.46. The molecule has 0 heterocycles. The van der Waals surface area contributed by atoms with Crippen LogP contribution in [-0.4, -0.2) is 17.4 Å². The molecule has 24 heavy (non-hydrogen) atoms. The van der Waals surface area contributed by atoms with Crippen LogP contribution in [0.3, 0.4) is 0 Å². The normalized spacial score (nSPS) is 10.8. The average molecular weight is 355 g/mol. The molecule has 0 aliphatic heterocycles. The number of hydrogen-bond acceptors (Lipinski definition) is 3. The summed E-state index contributed by atoms with van der Waals surface area (Å²) < 4.78 is 40.4. The van der Waals surface area contributed by atoms with Gasteiger partial charge in [-0.25, -0.2) is 0 Å². The van der Waals surface area contributed by atoms with Crippen molar-refractivity contribution in [3.8, 4) is 5.75 Å². The van der Waals surface area contributed by atoms with E-state index in [0.29, 0.717) is 16.9 Å². The van der Waals surface area contributed by atoms with Gasteiger partial charge in [-0.15, -0.1) is 13.2 Å². The summed E-state index contributed by atoms with van der Waals surface area (Å²) in [5, 5.41) is 5.72. The van der Waals surface area contributed by atoms with Gasteiger partial charge in [0.2, 0.25) is 5.91 Å². The van der Waals surface area contributed by atoms with E-state index in [9.17, 15) is 18.0 Å². The number of alkyl halides is 3. The molecule has 0 saturated carbocycles. The summed E-state index contributed by atoms with van der Waals surface area (Å²) in [5.74, 6) is -0.912. The van der Waals surface area contributed by atoms with Gasteiger partial charge in [-0.3, -0.25) is 4.79 Å². The van der Waals surface area contributed by atoms with Gasteiger partial charge in [-0.05, 0) is 48.6 Å². The molecule has 0 aromatic heterocycles. The number of primary amides is 1. The Balaban J connectivity index is 1.99. The van der Waals surface area contributed by atoms with Crippen LogP contribution in [0.4, 0.5) is 24.5 Å². The minimum absolute atomic E-state index is 0.158. The van der Waals surface area contributed by atoms with Crippen LogP contribution >= 0.6 is 12.2 Å². The van der Waals surface area contributed by atoms with Crippen LogP contribution in [0.25, 0.3) is 0 Å². The number of ether oxygens (including phenoxy) is 1. The van der Waals surface area contributed by atoms with Gasteiger partial charge < -0.3 is 21.1 Å². The van der Waals surface area contributed by atoms with Gasteiger partial charge in [0.15, 0.2) is 5.11 Å². The first kappa shape index (κ1) is 17.5. The Kier molecular flexibility index (Phi) is 5.24. The molecular formula is C15H12F3N3O2S. The molecule has 2 aromatic rings. The second-order valence-electron chi connectivity index (χ2n) is 4.60. The van der Waals surface area contributed by atoms with Crippen molar-refractivity contribution in [2.24, 2.45) is 5.73 Å². The molecule has 0 aliphatic carbocycles. The highest BCUT2D eigenvalue weighted by Gasteiger charge is 2.31. The highest BCUT2D eigenvalue weighted by Crippen LogP contribution is 2.25. The fourth-order valence-electron chi connectivity index (χ4n) is 1.78. The second kappa shape index (κ2) is 7.18. The molecular weight excluding hydrogens is 343 g/mol. The number of thiocarbonyl (C=S) groups is 1. The molecule has 0 unspecified atom stereocenters. The molecule has 2 aromatic carbocycles. The van der Waals surface area contributed by atoms with Crippen molar-refractivity contribution in [3.63, 3.8) is 0 Å². The quantitative estimate of drug-likeness (QED) is 0.732. The SMILES string of the molecule is NC(=O)c1ccc(NC(=S)Nc2cccc(OC(F)(F)F)c2)cc1. The molecule has 4 N–H and O–H groups in total. The van der Waals surface area contributed by atoms with E-state index in [4.69, 9.17) is 18.0 Å². The Morgan fingerprint density at radius 2 is 1.67 bits per heavy atom. The summed E-state index contributed by atoms with van der Waals surface area (Å²) in [6, 6.07) is 11.5. The number of rotatable bonds is 4. The van der Waals surface area contributed by atoms with Gasteiger partial charge in [-0.1, -0.05) is 6.07 Å². The maximum atomic E-state index is 12.2. The maximum Gasteiger partial charge on any atom is 0.573 e. The molecule has 2 rings (SSSR count). The summed E-state index contributed by atoms with van der Waals surface area (Å²) in [5.41, 5.74) is 6.39. The van der Waals surface area contributed by atoms with Crippen molar-refractivity contribution in [2.45, 2.75) is 6.36 Å². The van der Waals surface area contributed by atoms with Crippen LogP contribution in [0.1, 0.15) is 10.4 Å². The van der Waals surface area contributed by atoms with Crippen LogP contribution < -0.4 is 21.1 Å². The van der Waals surface area contributed by atoms with Gasteiger partial charge in [0.05, 0.1) is 0 Å². The molecule has 0 bridgehead atoms. The lowest BCUT2D eigenvalue weighted by molar-refractivity contribution is -0.274. The molecule has 0 radical (unpaired) electrons. The number of hydrogen-bond donors (Lipinski definition) is 3. The topological polar surface area (TPSA) is 76.4 Å². The molecule has 126 valence electrons. The van der Waals surface area contributed by atoms with E-state index in [1.54, 1.807) is 12.1 Å². The fraction of sp³-hybridized carbons (Fsp3) is 0.0667. The molecule has 9 heteroatoms. The van der Waals surface area contributed by atoms with Crippen molar-refractivity contribution in [1.29, 1.82) is 0 Å². The number of amides is 1. The highest BCUT2D eigenvalue weighted by molar-refractivity contribution is 7.80. The molecule has 0 saturated heterocycles. The first-order chi connectivity index (χ1) is 11.2. The first-order valence-electron chi connectivity index (χ1n) is 6.56. The van der Waals surface area contributed by atoms with Crippen molar-refractivity contribution in [3.05, 3.63) is 54.1 Å². The number of anilines is 2. The lowest BCUT2D eigenvalue weighted by Gasteiger charge is -2.13. The fourth-order valence-corrected chi connectivity index (χ4v) is 2.02. The van der Waals surface area contributed by atoms with Crippen LogP contribution in [0, 0.1) is 0 Å². The molecule has 0 spiro atoms. The van der Waals surface area contributed by atoms with E-state index in [2.05, 4.69) is 15.4 Å². The number of benzene rings is 2. The van der Waals surface area contributed by atoms with E-state index in [1.807, 2.05) is 0 Å². The summed E-state index contributed by atoms with van der Waals surface area (Å²) >= 11 is 5.08. The highest BCUT2D eigenvalue weighted by atomic mass is 32.1. The Morgan fingerprint density at radius 3 is 2.25 bits per heavy atom. The zero-order valence-electron chi connectivity index (χ0n) is 12.1. The van der Waals surface area contributed by atoms with Gasteiger partial charge in [0.1, 0.15) is 5.75 Å². The second-order valence-corrected chi connectivity index (χ2v) is 5.00. The van der Waals surface area contributed by atoms with Crippen molar-refractivity contribution < 1.29 is 22.7 Å². The molecule has 5 nitrogen and oxygen atoms in total. The molecule has 0 fully saturated rings. The third-order valence-corrected chi connectivity index (χ3v) is 2.96. The van der Waals surface area contributed by atoms with E-state index < -0.39 is 12.3 Å². The van der Waals surface area contributed by atoms with E-state index in [0.717, 1.165) is 6.07 Å². The Bertz CT molecular complexity index is 748. The lowest BCUT2D eigenvalue weighted by Crippen LogP contribution is -2.20. The summed E-state index contributed by atoms with van der Waals surface area (Å²) in [4.78, 5) is 11.0. The summed E-state index contributed by atoms with van der Waals surface area (Å²) in [6.07, 6.45) is -4.76. The van der Waals surface area contributed by atoms with Crippen LogP contribution in [0.2, 0.25) is 0 Å². The van der Waals surface area contributed by atoms with E-state index in [1.165, 1.54) is 30.3 Å². The van der Waals surface area contributed by atoms with Gasteiger partial charge in [0, 0.05) is 23.0 Å². The number of carbonyl (C=O) groups excluding carboxylic acids is 1. The zero-order valence-corrected chi connectivity index (χ0v) is 12.9. The van der Waals surface area contributed by atoms with Crippen LogP contribution in [0.5, 0.6) is 5.75 Å². The number of carbonyl (C=O) groups is 1. The number of nitrogens with two attached hydrogens (primary N) is 1. The molecule has 1 amide bonds. The zero-order chi connectivity index (χ0) is 17.7. The third-order valence-electron chi connectivity index (χ3n) is 2.75. The lowest BCUT2D eigenvalue weighted by atomic mass is 10.2. The summed E-state index contributed by atoms with van der Waals surface area (Å²) in [6.45, 7) is 0. The number of halogens is 3. The monoisotopic (exact) mass is 355 g/mol. The minimum atomic E-state index is -4.76. The predicted molar refractivity (Wildman–Crippen MR) is 87.9 cm³/mol. The van der Waals surface area contributed by atoms with Crippen molar-refractivity contribution >= 4 is 34.6 Å². The third kappa shape index (κ3) is 5.43. The van der Waals surface area contributed by atoms with Gasteiger partial charge in [-0.2, -0.15) is 0 Å². The van der Waals surface area contributed by atoms with Crippen molar-refractivity contribution in [1.82, 2.24) is 0 Å². The predicted octanol–water partition coefficient (Wildman–Crippen LogP) is 3.49. The summed E-state index contributed by atoms with van der Waals surface area (Å²) in [7, 11) is 0. The van der Waals surface area contributed by atoms with Crippen LogP contribution in [0.15, 0.2) is 48.5 Å². The Labute approximate surface area is 140 Å². The Morgan fingerprint density at radius 1 is 1.04 bits per heavy atom. The standard InChI is InChI=1S/C15H12F3N3O2S/c16-15(17,18)23-12-3-1-2-11(8-12)21-14(24)20-10-6-4-9(5-7-10)13(19)22/h1-8H,(H2,19,22)(H2,20,21,24). The Hall–Kier alpha value is -2.81. The molecule has 0 atom stereocenters. The first-order valence-corrected chi connectivity index (χ1v) is 6.97. The van der Waals surface area contributed by atoms with E-state index in [-0.39, 0.29) is 10.9 Å². The van der Waals surface area contributed by atoms with Crippen LogP contribution in [-0.2, 0) is 0 Å². The largest absolute Gasteiger partial charge is 0.573 e. The van der Waals surface area contributed by atoms with Gasteiger partial charge in [0.25, 0.3) is 0 Å². The number of nitrogens with one attached hydrogen (secondary N) is 2. The van der Waals surface area contributed by atoms with E-state index >= 15 is 0 Å². The minimum Gasteiger partial charge on any atom is -0.406 e. The van der Waals surface area contributed by atoms with Gasteiger partial charge >= 0.3 is 6.36 Å².